The maximum absolute atomic E-state index is 12.6. The van der Waals surface area contributed by atoms with E-state index in [4.69, 9.17) is 23.4 Å². The van der Waals surface area contributed by atoms with Crippen LogP contribution in [0.5, 0.6) is 5.75 Å². The second kappa shape index (κ2) is 14.2. The lowest BCUT2D eigenvalue weighted by molar-refractivity contribution is -0.311. The molecule has 4 rings (SSSR count). The number of carbonyl (C=O) groups excluding carboxylic acids is 1. The van der Waals surface area contributed by atoms with Crippen molar-refractivity contribution in [3.8, 4) is 5.75 Å². The van der Waals surface area contributed by atoms with Crippen molar-refractivity contribution in [2.45, 2.75) is 77.1 Å². The van der Waals surface area contributed by atoms with Crippen molar-refractivity contribution >= 4 is 24.7 Å². The highest BCUT2D eigenvalue weighted by atomic mass is 28.4. The van der Waals surface area contributed by atoms with Crippen molar-refractivity contribution in [3.05, 3.63) is 90.5 Å². The first kappa shape index (κ1) is 32.9. The third-order valence-corrected chi connectivity index (χ3v) is 13.4. The van der Waals surface area contributed by atoms with E-state index < -0.39 is 32.1 Å². The minimum atomic E-state index is -2.85. The Bertz CT molecular complexity index is 1250. The molecule has 0 unspecified atom stereocenters. The molecule has 7 nitrogen and oxygen atoms in total. The summed E-state index contributed by atoms with van der Waals surface area (Å²) in [6.45, 7) is 11.1. The van der Waals surface area contributed by atoms with Gasteiger partial charge in [-0.1, -0.05) is 100 Å². The van der Waals surface area contributed by atoms with E-state index in [9.17, 15) is 9.90 Å². The zero-order valence-corrected chi connectivity index (χ0v) is 27.2. The van der Waals surface area contributed by atoms with Crippen LogP contribution in [0.2, 0.25) is 5.04 Å². The lowest BCUT2D eigenvalue weighted by Gasteiger charge is -2.48. The molecule has 8 heteroatoms. The summed E-state index contributed by atoms with van der Waals surface area (Å²) in [5, 5.41) is 13.9. The number of benzene rings is 3. The number of hydrogen-bond acceptors (Lipinski definition) is 7. The zero-order chi connectivity index (χ0) is 31.1. The molecule has 0 spiro atoms. The standard InChI is InChI=1S/C35H46O7Si/c1-7-39-33(36)23-35(37)26(2)32(40-24-27-18-20-28(38-6)21-19-27)22-29(42-35)25-41-43(34(3,4)5,30-14-10-8-11-15-30)31-16-12-9-13-17-31/h8-21,26,29,32,37H,7,22-25H2,1-6H3/t26-,29+,32+,35-/m1/s1. The molecule has 3 aromatic carbocycles. The van der Waals surface area contributed by atoms with Crippen LogP contribution >= 0.6 is 0 Å². The predicted molar refractivity (Wildman–Crippen MR) is 170 cm³/mol. The molecule has 1 fully saturated rings. The van der Waals surface area contributed by atoms with E-state index in [1.165, 1.54) is 0 Å². The third-order valence-electron chi connectivity index (χ3n) is 8.36. The van der Waals surface area contributed by atoms with Crippen LogP contribution in [0, 0.1) is 5.92 Å². The van der Waals surface area contributed by atoms with E-state index in [0.717, 1.165) is 21.7 Å². The summed E-state index contributed by atoms with van der Waals surface area (Å²) in [7, 11) is -1.22. The Kier molecular flexibility index (Phi) is 10.8. The maximum Gasteiger partial charge on any atom is 0.311 e. The molecule has 0 aromatic heterocycles. The molecule has 1 saturated heterocycles. The van der Waals surface area contributed by atoms with Gasteiger partial charge in [-0.15, -0.1) is 0 Å². The van der Waals surface area contributed by atoms with Crippen molar-refractivity contribution in [1.82, 2.24) is 0 Å². The van der Waals surface area contributed by atoms with E-state index in [1.54, 1.807) is 14.0 Å². The number of esters is 1. The minimum Gasteiger partial charge on any atom is -0.497 e. The molecular weight excluding hydrogens is 560 g/mol. The van der Waals surface area contributed by atoms with Gasteiger partial charge in [-0.25, -0.2) is 0 Å². The monoisotopic (exact) mass is 606 g/mol. The van der Waals surface area contributed by atoms with Crippen molar-refractivity contribution in [2.24, 2.45) is 5.92 Å². The first-order chi connectivity index (χ1) is 20.5. The van der Waals surface area contributed by atoms with Gasteiger partial charge in [-0.2, -0.15) is 0 Å². The quantitative estimate of drug-likeness (QED) is 0.224. The summed E-state index contributed by atoms with van der Waals surface area (Å²) in [5.41, 5.74) is 0.980. The number of aliphatic hydroxyl groups is 1. The van der Waals surface area contributed by atoms with Crippen LogP contribution in [0.4, 0.5) is 0 Å². The molecule has 3 aromatic rings. The average Bonchev–Trinajstić information content (AvgIpc) is 2.99. The number of ether oxygens (including phenoxy) is 4. The molecule has 1 heterocycles. The summed E-state index contributed by atoms with van der Waals surface area (Å²) in [6.07, 6.45) is -0.693. The van der Waals surface area contributed by atoms with Crippen LogP contribution < -0.4 is 15.1 Å². The molecule has 0 aliphatic carbocycles. The highest BCUT2D eigenvalue weighted by Gasteiger charge is 2.53. The highest BCUT2D eigenvalue weighted by Crippen LogP contribution is 2.40. The zero-order valence-electron chi connectivity index (χ0n) is 26.2. The third kappa shape index (κ3) is 7.56. The Morgan fingerprint density at radius 3 is 2.07 bits per heavy atom. The van der Waals surface area contributed by atoms with Gasteiger partial charge in [0, 0.05) is 12.3 Å². The Labute approximate surface area is 257 Å². The first-order valence-corrected chi connectivity index (χ1v) is 17.0. The van der Waals surface area contributed by atoms with E-state index in [1.807, 2.05) is 43.3 Å². The van der Waals surface area contributed by atoms with Gasteiger partial charge in [0.2, 0.25) is 0 Å². The van der Waals surface area contributed by atoms with Gasteiger partial charge in [0.15, 0.2) is 5.79 Å². The fraction of sp³-hybridized carbons (Fsp3) is 0.457. The fourth-order valence-electron chi connectivity index (χ4n) is 6.04. The summed E-state index contributed by atoms with van der Waals surface area (Å²) in [4.78, 5) is 12.6. The summed E-state index contributed by atoms with van der Waals surface area (Å²) in [5.74, 6) is -2.00. The van der Waals surface area contributed by atoms with Crippen LogP contribution in [0.25, 0.3) is 0 Å². The molecule has 0 radical (unpaired) electrons. The molecule has 0 bridgehead atoms. The van der Waals surface area contributed by atoms with E-state index in [0.29, 0.717) is 13.0 Å². The Morgan fingerprint density at radius 2 is 1.56 bits per heavy atom. The van der Waals surface area contributed by atoms with Gasteiger partial charge >= 0.3 is 5.97 Å². The maximum atomic E-state index is 12.6. The number of carbonyl (C=O) groups is 1. The van der Waals surface area contributed by atoms with Crippen LogP contribution in [0.3, 0.4) is 0 Å². The van der Waals surface area contributed by atoms with Gasteiger partial charge in [-0.05, 0) is 40.0 Å². The van der Waals surface area contributed by atoms with Gasteiger partial charge in [0.25, 0.3) is 8.32 Å². The van der Waals surface area contributed by atoms with Crippen molar-refractivity contribution < 1.29 is 33.3 Å². The Morgan fingerprint density at radius 1 is 0.977 bits per heavy atom. The largest absolute Gasteiger partial charge is 0.497 e. The lowest BCUT2D eigenvalue weighted by Crippen LogP contribution is -2.67. The van der Waals surface area contributed by atoms with Gasteiger partial charge in [0.1, 0.15) is 5.75 Å². The van der Waals surface area contributed by atoms with Crippen molar-refractivity contribution in [1.29, 1.82) is 0 Å². The molecule has 1 N–H and O–H groups in total. The Hall–Kier alpha value is -3.01. The van der Waals surface area contributed by atoms with Crippen LogP contribution in [-0.2, 0) is 30.0 Å². The molecule has 232 valence electrons. The number of methoxy groups -OCH3 is 1. The normalized spacial score (nSPS) is 22.6. The summed E-state index contributed by atoms with van der Waals surface area (Å²) >= 11 is 0. The highest BCUT2D eigenvalue weighted by molar-refractivity contribution is 6.99. The van der Waals surface area contributed by atoms with Gasteiger partial charge in [-0.3, -0.25) is 4.79 Å². The topological polar surface area (TPSA) is 83.5 Å². The van der Waals surface area contributed by atoms with Gasteiger partial charge in [0.05, 0.1) is 45.6 Å². The molecule has 0 amide bonds. The summed E-state index contributed by atoms with van der Waals surface area (Å²) < 4.78 is 30.4. The number of hydrogen-bond donors (Lipinski definition) is 1. The Balaban J connectivity index is 1.63. The smallest absolute Gasteiger partial charge is 0.311 e. The average molecular weight is 607 g/mol. The fourth-order valence-corrected chi connectivity index (χ4v) is 10.6. The van der Waals surface area contributed by atoms with Crippen LogP contribution in [0.1, 0.15) is 53.0 Å². The minimum absolute atomic E-state index is 0.219. The second-order valence-corrected chi connectivity index (χ2v) is 16.6. The number of rotatable bonds is 12. The molecule has 4 atom stereocenters. The predicted octanol–water partition coefficient (Wildman–Crippen LogP) is 5.22. The van der Waals surface area contributed by atoms with Crippen LogP contribution in [0.15, 0.2) is 84.9 Å². The lowest BCUT2D eigenvalue weighted by atomic mass is 9.85. The van der Waals surface area contributed by atoms with E-state index >= 15 is 0 Å². The SMILES string of the molecule is CCOC(=O)C[C@@]1(O)O[C@H](CO[Si](c2ccccc2)(c2ccccc2)C(C)(C)C)C[C@H](OCc2ccc(OC)cc2)[C@H]1C. The molecule has 1 aliphatic rings. The van der Waals surface area contributed by atoms with Crippen molar-refractivity contribution in [2.75, 3.05) is 20.3 Å². The molecule has 0 saturated carbocycles. The molecular formula is C35H46O7Si. The van der Waals surface area contributed by atoms with E-state index in [2.05, 4.69) is 69.3 Å². The van der Waals surface area contributed by atoms with Crippen LogP contribution in [-0.4, -0.2) is 57.7 Å². The molecule has 1 aliphatic heterocycles. The summed E-state index contributed by atoms with van der Waals surface area (Å²) in [6, 6.07) is 28.5. The van der Waals surface area contributed by atoms with Gasteiger partial charge < -0.3 is 28.5 Å². The molecule has 43 heavy (non-hydrogen) atoms. The second-order valence-electron chi connectivity index (χ2n) is 12.3. The first-order valence-electron chi connectivity index (χ1n) is 15.1. The van der Waals surface area contributed by atoms with E-state index in [-0.39, 0.29) is 30.8 Å². The van der Waals surface area contributed by atoms with Crippen molar-refractivity contribution in [3.63, 3.8) is 0 Å².